The van der Waals surface area contributed by atoms with E-state index in [1.165, 1.54) is 0 Å². The van der Waals surface area contributed by atoms with Crippen LogP contribution < -0.4 is 5.32 Å². The lowest BCUT2D eigenvalue weighted by molar-refractivity contribution is -0.130. The maximum Gasteiger partial charge on any atom is 0.249 e. The summed E-state index contributed by atoms with van der Waals surface area (Å²) in [5, 5.41) is 12.3. The fourth-order valence-electron chi connectivity index (χ4n) is 1.63. The van der Waals surface area contributed by atoms with Crippen LogP contribution in [0.4, 0.5) is 0 Å². The second kappa shape index (κ2) is 6.39. The Labute approximate surface area is 102 Å². The summed E-state index contributed by atoms with van der Waals surface area (Å²) in [6.45, 7) is 7.13. The zero-order valence-corrected chi connectivity index (χ0v) is 10.7. The standard InChI is InChI=1S/C12H21N3O2/c1-4-15-6-5-13-11(15)8-14-12(17)10(16)7-9(2)3/h5-6,9-10,16H,4,7-8H2,1-3H3,(H,14,17)/t10-/m0/s1. The topological polar surface area (TPSA) is 67.2 Å². The third-order valence-electron chi connectivity index (χ3n) is 2.56. The molecule has 0 unspecified atom stereocenters. The number of nitrogens with zero attached hydrogens (tertiary/aromatic N) is 2. The van der Waals surface area contributed by atoms with Gasteiger partial charge in [0.25, 0.3) is 0 Å². The first-order valence-corrected chi connectivity index (χ1v) is 6.00. The summed E-state index contributed by atoms with van der Waals surface area (Å²) in [7, 11) is 0. The molecule has 5 heteroatoms. The molecule has 1 aromatic rings. The van der Waals surface area contributed by atoms with Crippen LogP contribution in [0.15, 0.2) is 12.4 Å². The molecule has 0 saturated carbocycles. The maximum atomic E-state index is 11.6. The van der Waals surface area contributed by atoms with E-state index in [0.717, 1.165) is 12.4 Å². The van der Waals surface area contributed by atoms with E-state index >= 15 is 0 Å². The highest BCUT2D eigenvalue weighted by Gasteiger charge is 2.16. The van der Waals surface area contributed by atoms with E-state index in [1.54, 1.807) is 6.20 Å². The molecule has 0 aromatic carbocycles. The number of rotatable bonds is 6. The van der Waals surface area contributed by atoms with Gasteiger partial charge >= 0.3 is 0 Å². The van der Waals surface area contributed by atoms with Crippen molar-refractivity contribution in [2.24, 2.45) is 5.92 Å². The molecule has 0 bridgehead atoms. The molecule has 5 nitrogen and oxygen atoms in total. The van der Waals surface area contributed by atoms with Gasteiger partial charge in [0.15, 0.2) is 0 Å². The van der Waals surface area contributed by atoms with Gasteiger partial charge in [0.05, 0.1) is 6.54 Å². The highest BCUT2D eigenvalue weighted by molar-refractivity contribution is 5.80. The number of hydrogen-bond acceptors (Lipinski definition) is 3. The summed E-state index contributed by atoms with van der Waals surface area (Å²) in [6.07, 6.45) is 3.12. The minimum Gasteiger partial charge on any atom is -0.383 e. The van der Waals surface area contributed by atoms with Crippen LogP contribution in [-0.2, 0) is 17.9 Å². The minimum absolute atomic E-state index is 0.299. The molecule has 0 radical (unpaired) electrons. The average molecular weight is 239 g/mol. The zero-order valence-electron chi connectivity index (χ0n) is 10.7. The summed E-state index contributed by atoms with van der Waals surface area (Å²) >= 11 is 0. The Morgan fingerprint density at radius 3 is 2.88 bits per heavy atom. The van der Waals surface area contributed by atoms with E-state index in [4.69, 9.17) is 0 Å². The van der Waals surface area contributed by atoms with Crippen molar-refractivity contribution < 1.29 is 9.90 Å². The maximum absolute atomic E-state index is 11.6. The third kappa shape index (κ3) is 4.19. The van der Waals surface area contributed by atoms with E-state index in [2.05, 4.69) is 10.3 Å². The molecule has 0 saturated heterocycles. The number of aliphatic hydroxyl groups is 1. The summed E-state index contributed by atoms with van der Waals surface area (Å²) in [5.41, 5.74) is 0. The van der Waals surface area contributed by atoms with Crippen LogP contribution >= 0.6 is 0 Å². The van der Waals surface area contributed by atoms with Gasteiger partial charge in [0, 0.05) is 18.9 Å². The van der Waals surface area contributed by atoms with Crippen molar-refractivity contribution in [1.29, 1.82) is 0 Å². The van der Waals surface area contributed by atoms with Crippen molar-refractivity contribution in [3.05, 3.63) is 18.2 Å². The van der Waals surface area contributed by atoms with Gasteiger partial charge in [-0.1, -0.05) is 13.8 Å². The molecular formula is C12H21N3O2. The largest absolute Gasteiger partial charge is 0.383 e. The number of aliphatic hydroxyl groups excluding tert-OH is 1. The van der Waals surface area contributed by atoms with E-state index < -0.39 is 6.10 Å². The average Bonchev–Trinajstić information content (AvgIpc) is 2.72. The number of carbonyl (C=O) groups is 1. The Kier molecular flexibility index (Phi) is 5.15. The molecular weight excluding hydrogens is 218 g/mol. The normalized spacial score (nSPS) is 12.8. The van der Waals surface area contributed by atoms with Gasteiger partial charge < -0.3 is 15.0 Å². The van der Waals surface area contributed by atoms with Gasteiger partial charge in [-0.3, -0.25) is 4.79 Å². The highest BCUT2D eigenvalue weighted by Crippen LogP contribution is 2.04. The SMILES string of the molecule is CCn1ccnc1CNC(=O)[C@@H](O)CC(C)C. The predicted molar refractivity (Wildman–Crippen MR) is 65.2 cm³/mol. The van der Waals surface area contributed by atoms with Crippen molar-refractivity contribution in [1.82, 2.24) is 14.9 Å². The zero-order chi connectivity index (χ0) is 12.8. The van der Waals surface area contributed by atoms with Crippen LogP contribution in [0, 0.1) is 5.92 Å². The van der Waals surface area contributed by atoms with Gasteiger partial charge in [-0.15, -0.1) is 0 Å². The van der Waals surface area contributed by atoms with Gasteiger partial charge in [-0.05, 0) is 19.3 Å². The highest BCUT2D eigenvalue weighted by atomic mass is 16.3. The fraction of sp³-hybridized carbons (Fsp3) is 0.667. The first kappa shape index (κ1) is 13.7. The van der Waals surface area contributed by atoms with Crippen LogP contribution in [-0.4, -0.2) is 26.7 Å². The Bertz CT molecular complexity index is 360. The Balaban J connectivity index is 2.43. The molecule has 1 amide bonds. The predicted octanol–water partition coefficient (Wildman–Crippen LogP) is 0.926. The molecule has 96 valence electrons. The van der Waals surface area contributed by atoms with Crippen molar-refractivity contribution in [3.8, 4) is 0 Å². The van der Waals surface area contributed by atoms with Gasteiger partial charge in [-0.25, -0.2) is 4.98 Å². The molecule has 2 N–H and O–H groups in total. The van der Waals surface area contributed by atoms with Crippen molar-refractivity contribution in [3.63, 3.8) is 0 Å². The van der Waals surface area contributed by atoms with E-state index in [9.17, 15) is 9.90 Å². The van der Waals surface area contributed by atoms with Crippen LogP contribution in [0.3, 0.4) is 0 Å². The molecule has 0 aliphatic rings. The second-order valence-corrected chi connectivity index (χ2v) is 4.49. The lowest BCUT2D eigenvalue weighted by Crippen LogP contribution is -2.35. The number of imidazole rings is 1. The summed E-state index contributed by atoms with van der Waals surface area (Å²) in [5.74, 6) is 0.773. The van der Waals surface area contributed by atoms with Gasteiger partial charge in [0.2, 0.25) is 5.91 Å². The van der Waals surface area contributed by atoms with E-state index in [0.29, 0.717) is 18.9 Å². The number of aromatic nitrogens is 2. The Morgan fingerprint density at radius 1 is 1.59 bits per heavy atom. The summed E-state index contributed by atoms with van der Waals surface area (Å²) < 4.78 is 1.95. The molecule has 0 spiro atoms. The van der Waals surface area contributed by atoms with Crippen LogP contribution in [0.25, 0.3) is 0 Å². The van der Waals surface area contributed by atoms with Gasteiger partial charge in [0.1, 0.15) is 11.9 Å². The second-order valence-electron chi connectivity index (χ2n) is 4.49. The molecule has 17 heavy (non-hydrogen) atoms. The minimum atomic E-state index is -0.931. The quantitative estimate of drug-likeness (QED) is 0.776. The van der Waals surface area contributed by atoms with Crippen molar-refractivity contribution >= 4 is 5.91 Å². The lowest BCUT2D eigenvalue weighted by Gasteiger charge is -2.13. The van der Waals surface area contributed by atoms with Crippen molar-refractivity contribution in [2.45, 2.75) is 46.4 Å². The third-order valence-corrected chi connectivity index (χ3v) is 2.56. The van der Waals surface area contributed by atoms with Crippen LogP contribution in [0.1, 0.15) is 33.0 Å². The number of aryl methyl sites for hydroxylation is 1. The Morgan fingerprint density at radius 2 is 2.29 bits per heavy atom. The Hall–Kier alpha value is -1.36. The van der Waals surface area contributed by atoms with E-state index in [1.807, 2.05) is 31.5 Å². The van der Waals surface area contributed by atoms with Crippen molar-refractivity contribution in [2.75, 3.05) is 0 Å². The van der Waals surface area contributed by atoms with Crippen LogP contribution in [0.2, 0.25) is 0 Å². The number of amides is 1. The monoisotopic (exact) mass is 239 g/mol. The lowest BCUT2D eigenvalue weighted by atomic mass is 10.1. The first-order chi connectivity index (χ1) is 8.04. The molecule has 0 aliphatic carbocycles. The summed E-state index contributed by atoms with van der Waals surface area (Å²) in [6, 6.07) is 0. The number of carbonyl (C=O) groups excluding carboxylic acids is 1. The van der Waals surface area contributed by atoms with Gasteiger partial charge in [-0.2, -0.15) is 0 Å². The smallest absolute Gasteiger partial charge is 0.249 e. The molecule has 0 fully saturated rings. The molecule has 1 rings (SSSR count). The number of hydrogen-bond donors (Lipinski definition) is 2. The van der Waals surface area contributed by atoms with Crippen LogP contribution in [0.5, 0.6) is 0 Å². The molecule has 1 atom stereocenters. The molecule has 1 aromatic heterocycles. The van der Waals surface area contributed by atoms with E-state index in [-0.39, 0.29) is 5.91 Å². The first-order valence-electron chi connectivity index (χ1n) is 6.00. The molecule has 0 aliphatic heterocycles. The molecule has 1 heterocycles. The number of nitrogens with one attached hydrogen (secondary N) is 1. The summed E-state index contributed by atoms with van der Waals surface area (Å²) in [4.78, 5) is 15.7. The fourth-order valence-corrected chi connectivity index (χ4v) is 1.63.